The topological polar surface area (TPSA) is 35.5 Å². The van der Waals surface area contributed by atoms with Crippen LogP contribution in [0.3, 0.4) is 0 Å². The van der Waals surface area contributed by atoms with Crippen LogP contribution in [-0.2, 0) is 14.0 Å². The molecule has 0 radical (unpaired) electrons. The fraction of sp³-hybridized carbons (Fsp3) is 0.786. The van der Waals surface area contributed by atoms with E-state index in [0.29, 0.717) is 17.7 Å². The summed E-state index contributed by atoms with van der Waals surface area (Å²) in [5.74, 6) is -0.279. The first-order chi connectivity index (χ1) is 8.61. The predicted molar refractivity (Wildman–Crippen MR) is 78.5 cm³/mol. The molecule has 18 heavy (non-hydrogen) atoms. The van der Waals surface area contributed by atoms with Crippen LogP contribution in [-0.4, -0.2) is 29.4 Å². The largest absolute Gasteiger partial charge is 0.462 e. The number of rotatable bonds is 11. The maximum atomic E-state index is 11.2. The van der Waals surface area contributed by atoms with Gasteiger partial charge in [0.25, 0.3) is 0 Å². The van der Waals surface area contributed by atoms with Gasteiger partial charge in [0.2, 0.25) is 0 Å². The monoisotopic (exact) mass is 272 g/mol. The second-order valence-electron chi connectivity index (χ2n) is 4.88. The Morgan fingerprint density at radius 1 is 1.28 bits per heavy atom. The van der Waals surface area contributed by atoms with Crippen molar-refractivity contribution in [3.63, 3.8) is 0 Å². The Kier molecular flexibility index (Phi) is 11.1. The number of esters is 1. The molecule has 3 nitrogen and oxygen atoms in total. The molecule has 0 saturated heterocycles. The molecule has 0 aromatic rings. The Labute approximate surface area is 114 Å². The maximum absolute atomic E-state index is 11.2. The molecule has 0 spiro atoms. The van der Waals surface area contributed by atoms with E-state index in [2.05, 4.69) is 13.5 Å². The number of carbonyl (C=O) groups excluding carboxylic acids is 1. The summed E-state index contributed by atoms with van der Waals surface area (Å²) in [4.78, 5) is 11.2. The van der Waals surface area contributed by atoms with Crippen LogP contribution in [0.15, 0.2) is 12.2 Å². The van der Waals surface area contributed by atoms with E-state index in [0.717, 1.165) is 6.42 Å². The van der Waals surface area contributed by atoms with Gasteiger partial charge in [0.05, 0.1) is 6.61 Å². The first-order valence-corrected chi connectivity index (χ1v) is 8.32. The zero-order chi connectivity index (χ0) is 13.8. The lowest BCUT2D eigenvalue weighted by Gasteiger charge is -2.15. The highest BCUT2D eigenvalue weighted by molar-refractivity contribution is 6.29. The Bertz CT molecular complexity index is 241. The molecule has 1 atom stereocenters. The maximum Gasteiger partial charge on any atom is 0.333 e. The third kappa shape index (κ3) is 9.42. The zero-order valence-electron chi connectivity index (χ0n) is 12.2. The van der Waals surface area contributed by atoms with Crippen molar-refractivity contribution in [2.45, 2.75) is 57.9 Å². The number of ether oxygens (including phenoxy) is 1. The van der Waals surface area contributed by atoms with E-state index in [1.165, 1.54) is 32.1 Å². The number of unbranched alkanes of at least 4 members (excludes halogenated alkanes) is 3. The Balaban J connectivity index is 3.75. The van der Waals surface area contributed by atoms with Crippen molar-refractivity contribution in [3.8, 4) is 0 Å². The zero-order valence-corrected chi connectivity index (χ0v) is 13.6. The van der Waals surface area contributed by atoms with Crippen LogP contribution in [0.5, 0.6) is 0 Å². The number of carbonyl (C=O) groups is 1. The van der Waals surface area contributed by atoms with E-state index in [4.69, 9.17) is 9.16 Å². The minimum atomic E-state index is -0.477. The van der Waals surface area contributed by atoms with Gasteiger partial charge in [-0.1, -0.05) is 45.6 Å². The van der Waals surface area contributed by atoms with E-state index in [1.54, 1.807) is 14.0 Å². The molecular weight excluding hydrogens is 244 g/mol. The van der Waals surface area contributed by atoms with E-state index in [9.17, 15) is 4.79 Å². The second-order valence-corrected chi connectivity index (χ2v) is 6.94. The van der Waals surface area contributed by atoms with E-state index >= 15 is 0 Å². The SMILES string of the molecule is C=C(C)C(=O)OCCC(CCCCCC)[SiH2]OC. The summed E-state index contributed by atoms with van der Waals surface area (Å²) in [5.41, 5.74) is 1.10. The van der Waals surface area contributed by atoms with Gasteiger partial charge in [-0.25, -0.2) is 4.79 Å². The molecule has 0 amide bonds. The van der Waals surface area contributed by atoms with Crippen molar-refractivity contribution >= 4 is 15.7 Å². The molecule has 0 fully saturated rings. The summed E-state index contributed by atoms with van der Waals surface area (Å²) < 4.78 is 10.5. The average molecular weight is 272 g/mol. The van der Waals surface area contributed by atoms with Crippen LogP contribution >= 0.6 is 0 Å². The van der Waals surface area contributed by atoms with Gasteiger partial charge in [-0.15, -0.1) is 0 Å². The molecule has 0 aromatic heterocycles. The molecule has 0 rings (SSSR count). The molecule has 0 aromatic carbocycles. The average Bonchev–Trinajstić information content (AvgIpc) is 2.34. The third-order valence-electron chi connectivity index (χ3n) is 2.98. The van der Waals surface area contributed by atoms with Crippen molar-refractivity contribution in [2.75, 3.05) is 13.7 Å². The Hall–Kier alpha value is -0.613. The Morgan fingerprint density at radius 2 is 2.00 bits per heavy atom. The van der Waals surface area contributed by atoms with Crippen LogP contribution < -0.4 is 0 Å². The van der Waals surface area contributed by atoms with Gasteiger partial charge in [-0.2, -0.15) is 0 Å². The normalized spacial score (nSPS) is 12.8. The summed E-state index contributed by atoms with van der Waals surface area (Å²) in [7, 11) is 1.31. The molecule has 0 saturated carbocycles. The smallest absolute Gasteiger partial charge is 0.333 e. The Morgan fingerprint density at radius 3 is 2.56 bits per heavy atom. The van der Waals surface area contributed by atoms with E-state index in [-0.39, 0.29) is 5.97 Å². The van der Waals surface area contributed by atoms with Crippen molar-refractivity contribution in [1.82, 2.24) is 0 Å². The van der Waals surface area contributed by atoms with Crippen molar-refractivity contribution in [1.29, 1.82) is 0 Å². The molecular formula is C14H28O3Si. The molecule has 0 aliphatic heterocycles. The minimum absolute atomic E-state index is 0.279. The highest BCUT2D eigenvalue weighted by Crippen LogP contribution is 2.19. The lowest BCUT2D eigenvalue weighted by molar-refractivity contribution is -0.139. The summed E-state index contributed by atoms with van der Waals surface area (Å²) >= 11 is 0. The van der Waals surface area contributed by atoms with Gasteiger partial charge in [-0.3, -0.25) is 0 Å². The highest BCUT2D eigenvalue weighted by Gasteiger charge is 2.11. The predicted octanol–water partition coefficient (Wildman–Crippen LogP) is 2.98. The van der Waals surface area contributed by atoms with Crippen LogP contribution in [0.1, 0.15) is 52.4 Å². The van der Waals surface area contributed by atoms with Crippen LogP contribution in [0.4, 0.5) is 0 Å². The van der Waals surface area contributed by atoms with Gasteiger partial charge in [-0.05, 0) is 18.9 Å². The van der Waals surface area contributed by atoms with Gasteiger partial charge in [0.15, 0.2) is 9.76 Å². The van der Waals surface area contributed by atoms with Gasteiger partial charge in [0, 0.05) is 12.7 Å². The summed E-state index contributed by atoms with van der Waals surface area (Å²) in [6.07, 6.45) is 7.30. The van der Waals surface area contributed by atoms with Gasteiger partial charge >= 0.3 is 5.97 Å². The van der Waals surface area contributed by atoms with Crippen LogP contribution in [0.25, 0.3) is 0 Å². The molecule has 106 valence electrons. The summed E-state index contributed by atoms with van der Waals surface area (Å²) in [5, 5.41) is 0. The second kappa shape index (κ2) is 11.5. The highest BCUT2D eigenvalue weighted by atomic mass is 28.2. The van der Waals surface area contributed by atoms with Gasteiger partial charge in [0.1, 0.15) is 0 Å². The molecule has 0 bridgehead atoms. The van der Waals surface area contributed by atoms with E-state index < -0.39 is 9.76 Å². The van der Waals surface area contributed by atoms with Crippen molar-refractivity contribution in [2.24, 2.45) is 0 Å². The summed E-state index contributed by atoms with van der Waals surface area (Å²) in [6, 6.07) is 0. The molecule has 0 N–H and O–H groups in total. The molecule has 4 heteroatoms. The molecule has 0 aliphatic rings. The minimum Gasteiger partial charge on any atom is -0.462 e. The summed E-state index contributed by atoms with van der Waals surface area (Å²) in [6.45, 7) is 7.96. The third-order valence-corrected chi connectivity index (χ3v) is 4.60. The number of hydrogen-bond acceptors (Lipinski definition) is 3. The first-order valence-electron chi connectivity index (χ1n) is 6.93. The first kappa shape index (κ1) is 17.4. The number of hydrogen-bond donors (Lipinski definition) is 0. The standard InChI is InChI=1S/C14H28O3Si/c1-5-6-7-8-9-13(18-16-4)10-11-17-14(15)12(2)3/h13H,2,5-11,18H2,1,3-4H3. The molecule has 0 aliphatic carbocycles. The van der Waals surface area contributed by atoms with Gasteiger partial charge < -0.3 is 9.16 Å². The fourth-order valence-electron chi connectivity index (χ4n) is 1.85. The lowest BCUT2D eigenvalue weighted by Crippen LogP contribution is -2.12. The fourth-order valence-corrected chi connectivity index (χ4v) is 3.11. The quantitative estimate of drug-likeness (QED) is 0.251. The van der Waals surface area contributed by atoms with Crippen LogP contribution in [0, 0.1) is 0 Å². The molecule has 0 heterocycles. The van der Waals surface area contributed by atoms with Crippen molar-refractivity contribution in [3.05, 3.63) is 12.2 Å². The van der Waals surface area contributed by atoms with Crippen LogP contribution in [0.2, 0.25) is 5.54 Å². The van der Waals surface area contributed by atoms with E-state index in [1.807, 2.05) is 0 Å². The molecule has 1 unspecified atom stereocenters. The lowest BCUT2D eigenvalue weighted by atomic mass is 10.1. The van der Waals surface area contributed by atoms with Crippen molar-refractivity contribution < 1.29 is 14.0 Å².